The number of likely N-dealkylation sites (N-methyl/N-ethyl adjacent to an activating group) is 1. The predicted molar refractivity (Wildman–Crippen MR) is 76.9 cm³/mol. The first-order valence-corrected chi connectivity index (χ1v) is 5.49. The molecule has 0 aliphatic carbocycles. The lowest BCUT2D eigenvalue weighted by molar-refractivity contribution is 0.410. The smallest absolute Gasteiger partial charge is 0.333 e. The third kappa shape index (κ3) is 3.93. The third-order valence-electron chi connectivity index (χ3n) is 2.56. The molecule has 0 saturated heterocycles. The zero-order valence-electron chi connectivity index (χ0n) is 11.5. The van der Waals surface area contributed by atoms with Crippen LogP contribution in [-0.2, 0) is 14.1 Å². The van der Waals surface area contributed by atoms with E-state index in [1.165, 1.54) is 20.3 Å². The molecule has 0 saturated carbocycles. The number of nitrogens with zero attached hydrogens (tertiary/aromatic N) is 4. The van der Waals surface area contributed by atoms with Crippen molar-refractivity contribution in [1.82, 2.24) is 14.0 Å². The van der Waals surface area contributed by atoms with Crippen LogP contribution >= 0.6 is 12.4 Å². The van der Waals surface area contributed by atoms with Crippen LogP contribution in [0.2, 0.25) is 0 Å². The van der Waals surface area contributed by atoms with Gasteiger partial charge >= 0.3 is 5.69 Å². The van der Waals surface area contributed by atoms with Crippen molar-refractivity contribution in [3.05, 3.63) is 26.4 Å². The van der Waals surface area contributed by atoms with Crippen LogP contribution in [0.4, 0.5) is 0 Å². The van der Waals surface area contributed by atoms with Crippen LogP contribution in [0.15, 0.2) is 14.6 Å². The second kappa shape index (κ2) is 7.10. The molecule has 0 atom stereocenters. The molecule has 1 aromatic heterocycles. The van der Waals surface area contributed by atoms with E-state index in [9.17, 15) is 14.7 Å². The average Bonchev–Trinajstić information content (AvgIpc) is 2.32. The number of aromatic nitrogens is 2. The molecule has 0 aliphatic rings. The zero-order chi connectivity index (χ0) is 13.9. The summed E-state index contributed by atoms with van der Waals surface area (Å²) in [5.74, 6) is -0.364. The Hall–Kier alpha value is -1.60. The number of hydrogen-bond donors (Lipinski definition) is 1. The van der Waals surface area contributed by atoms with Crippen molar-refractivity contribution in [2.75, 3.05) is 27.2 Å². The fourth-order valence-corrected chi connectivity index (χ4v) is 1.39. The Balaban J connectivity index is 0.00000324. The quantitative estimate of drug-likeness (QED) is 0.736. The summed E-state index contributed by atoms with van der Waals surface area (Å²) in [7, 11) is 6.59. The van der Waals surface area contributed by atoms with Gasteiger partial charge in [0.25, 0.3) is 5.56 Å². The van der Waals surface area contributed by atoms with Crippen LogP contribution in [-0.4, -0.2) is 52.5 Å². The minimum Gasteiger partial charge on any atom is -0.494 e. The molecule has 0 radical (unpaired) electrons. The zero-order valence-corrected chi connectivity index (χ0v) is 12.3. The number of aliphatic imine (C=N–C) groups is 1. The molecular formula is C11H19ClN4O3. The maximum absolute atomic E-state index is 11.8. The molecule has 1 rings (SSSR count). The SMILES string of the molecule is CN(C)CCN=Cc1c(O)n(C)c(=O)n(C)c1=O.Cl. The highest BCUT2D eigenvalue weighted by Gasteiger charge is 2.12. The molecule has 1 heterocycles. The van der Waals surface area contributed by atoms with E-state index in [2.05, 4.69) is 4.99 Å². The standard InChI is InChI=1S/C11H18N4O3.ClH/c1-13(2)6-5-12-7-8-9(16)14(3)11(18)15(4)10(8)17;/h7,16H,5-6H2,1-4H3;1H. The lowest BCUT2D eigenvalue weighted by atomic mass is 10.3. The van der Waals surface area contributed by atoms with Crippen molar-refractivity contribution in [3.63, 3.8) is 0 Å². The van der Waals surface area contributed by atoms with Crippen molar-refractivity contribution in [2.24, 2.45) is 19.1 Å². The minimum absolute atomic E-state index is 0. The van der Waals surface area contributed by atoms with Gasteiger partial charge in [-0.15, -0.1) is 12.4 Å². The Morgan fingerprint density at radius 1 is 1.26 bits per heavy atom. The molecular weight excluding hydrogens is 272 g/mol. The molecule has 0 aliphatic heterocycles. The van der Waals surface area contributed by atoms with Crippen LogP contribution in [0.1, 0.15) is 5.56 Å². The Morgan fingerprint density at radius 3 is 2.37 bits per heavy atom. The lowest BCUT2D eigenvalue weighted by Gasteiger charge is -2.08. The molecule has 0 amide bonds. The molecule has 108 valence electrons. The van der Waals surface area contributed by atoms with E-state index in [4.69, 9.17) is 0 Å². The topological polar surface area (TPSA) is 79.8 Å². The van der Waals surface area contributed by atoms with Gasteiger partial charge in [0.1, 0.15) is 5.56 Å². The fraction of sp³-hybridized carbons (Fsp3) is 0.545. The summed E-state index contributed by atoms with van der Waals surface area (Å²) < 4.78 is 1.95. The van der Waals surface area contributed by atoms with Gasteiger partial charge < -0.3 is 10.0 Å². The molecule has 0 unspecified atom stereocenters. The van der Waals surface area contributed by atoms with E-state index < -0.39 is 11.2 Å². The van der Waals surface area contributed by atoms with Gasteiger partial charge in [-0.05, 0) is 14.1 Å². The highest BCUT2D eigenvalue weighted by molar-refractivity contribution is 5.85. The number of halogens is 1. The van der Waals surface area contributed by atoms with Gasteiger partial charge in [-0.1, -0.05) is 0 Å². The Kier molecular flexibility index (Phi) is 6.51. The Morgan fingerprint density at radius 2 is 1.84 bits per heavy atom. The molecule has 0 spiro atoms. The molecule has 0 bridgehead atoms. The first-order chi connectivity index (χ1) is 8.36. The van der Waals surface area contributed by atoms with Crippen molar-refractivity contribution in [2.45, 2.75) is 0 Å². The van der Waals surface area contributed by atoms with Crippen molar-refractivity contribution in [3.8, 4) is 5.88 Å². The molecule has 0 fully saturated rings. The van der Waals surface area contributed by atoms with Gasteiger partial charge in [-0.2, -0.15) is 0 Å². The van der Waals surface area contributed by atoms with Gasteiger partial charge in [0.2, 0.25) is 5.88 Å². The third-order valence-corrected chi connectivity index (χ3v) is 2.56. The first-order valence-electron chi connectivity index (χ1n) is 5.49. The normalized spacial score (nSPS) is 11.0. The summed E-state index contributed by atoms with van der Waals surface area (Å²) in [5, 5.41) is 9.74. The van der Waals surface area contributed by atoms with Gasteiger partial charge in [-0.25, -0.2) is 4.79 Å². The predicted octanol–water partition coefficient (Wildman–Crippen LogP) is -0.808. The summed E-state index contributed by atoms with van der Waals surface area (Å²) >= 11 is 0. The highest BCUT2D eigenvalue weighted by atomic mass is 35.5. The van der Waals surface area contributed by atoms with Crippen LogP contribution in [0.3, 0.4) is 0 Å². The monoisotopic (exact) mass is 290 g/mol. The highest BCUT2D eigenvalue weighted by Crippen LogP contribution is 2.05. The number of aromatic hydroxyl groups is 1. The van der Waals surface area contributed by atoms with Crippen LogP contribution in [0, 0.1) is 0 Å². The molecule has 1 aromatic rings. The van der Waals surface area contributed by atoms with Crippen molar-refractivity contribution < 1.29 is 5.11 Å². The minimum atomic E-state index is -0.567. The van der Waals surface area contributed by atoms with Crippen LogP contribution in [0.25, 0.3) is 0 Å². The summed E-state index contributed by atoms with van der Waals surface area (Å²) in [6.07, 6.45) is 1.31. The summed E-state index contributed by atoms with van der Waals surface area (Å²) in [4.78, 5) is 29.3. The number of hydrogen-bond acceptors (Lipinski definition) is 5. The Bertz CT molecular complexity index is 575. The van der Waals surface area contributed by atoms with E-state index in [-0.39, 0.29) is 23.9 Å². The van der Waals surface area contributed by atoms with Crippen LogP contribution in [0.5, 0.6) is 5.88 Å². The van der Waals surface area contributed by atoms with Gasteiger partial charge in [0.05, 0.1) is 6.54 Å². The fourth-order valence-electron chi connectivity index (χ4n) is 1.39. The van der Waals surface area contributed by atoms with Gasteiger partial charge in [0, 0.05) is 26.9 Å². The van der Waals surface area contributed by atoms with E-state index >= 15 is 0 Å². The maximum Gasteiger partial charge on any atom is 0.333 e. The summed E-state index contributed by atoms with van der Waals surface area (Å²) in [5.41, 5.74) is -1.09. The second-order valence-electron chi connectivity index (χ2n) is 4.28. The Labute approximate surface area is 117 Å². The van der Waals surface area contributed by atoms with Crippen LogP contribution < -0.4 is 11.2 Å². The molecule has 19 heavy (non-hydrogen) atoms. The maximum atomic E-state index is 11.8. The van der Waals surface area contributed by atoms with Gasteiger partial charge in [0.15, 0.2) is 0 Å². The molecule has 1 N–H and O–H groups in total. The summed E-state index contributed by atoms with van der Waals surface area (Å²) in [6, 6.07) is 0. The van der Waals surface area contributed by atoms with Crippen molar-refractivity contribution >= 4 is 18.6 Å². The van der Waals surface area contributed by atoms with E-state index in [1.807, 2.05) is 19.0 Å². The summed E-state index contributed by atoms with van der Waals surface area (Å²) in [6.45, 7) is 1.25. The second-order valence-corrected chi connectivity index (χ2v) is 4.28. The molecule has 7 nitrogen and oxygen atoms in total. The van der Waals surface area contributed by atoms with E-state index in [0.717, 1.165) is 15.7 Å². The van der Waals surface area contributed by atoms with Crippen molar-refractivity contribution in [1.29, 1.82) is 0 Å². The average molecular weight is 291 g/mol. The lowest BCUT2D eigenvalue weighted by Crippen LogP contribution is -2.38. The number of rotatable bonds is 4. The first kappa shape index (κ1) is 17.4. The molecule has 8 heteroatoms. The van der Waals surface area contributed by atoms with E-state index in [0.29, 0.717) is 6.54 Å². The van der Waals surface area contributed by atoms with E-state index in [1.54, 1.807) is 0 Å². The molecule has 0 aromatic carbocycles. The van der Waals surface area contributed by atoms with Gasteiger partial charge in [-0.3, -0.25) is 18.9 Å². The largest absolute Gasteiger partial charge is 0.494 e.